The Labute approximate surface area is 164 Å². The van der Waals surface area contributed by atoms with Crippen molar-refractivity contribution < 1.29 is 9.63 Å². The first-order valence-electron chi connectivity index (χ1n) is 11.3. The molecule has 27 heavy (non-hydrogen) atoms. The molecule has 0 bridgehead atoms. The molecule has 0 heterocycles. The molecule has 4 aliphatic rings. The van der Waals surface area contributed by atoms with Crippen molar-refractivity contribution in [1.82, 2.24) is 5.32 Å². The van der Waals surface area contributed by atoms with Gasteiger partial charge < -0.3 is 10.2 Å². The average molecular weight is 375 g/mol. The lowest BCUT2D eigenvalue weighted by Crippen LogP contribution is -2.56. The summed E-state index contributed by atoms with van der Waals surface area (Å²) < 4.78 is 0. The van der Waals surface area contributed by atoms with Crippen molar-refractivity contribution in [3.8, 4) is 0 Å². The average Bonchev–Trinajstić information content (AvgIpc) is 2.95. The number of fused-ring (bicyclic) bond motifs is 5. The number of oxime groups is 1. The fourth-order valence-electron chi connectivity index (χ4n) is 7.58. The summed E-state index contributed by atoms with van der Waals surface area (Å²) in [5.41, 5.74) is 1.69. The lowest BCUT2D eigenvalue weighted by Gasteiger charge is -2.61. The second-order valence-corrected chi connectivity index (χ2v) is 10.4. The van der Waals surface area contributed by atoms with Crippen LogP contribution in [0.3, 0.4) is 0 Å². The van der Waals surface area contributed by atoms with Crippen LogP contribution in [0, 0.1) is 40.4 Å². The third-order valence-corrected chi connectivity index (χ3v) is 9.21. The topological polar surface area (TPSA) is 50.7 Å². The van der Waals surface area contributed by atoms with Crippen molar-refractivity contribution in [1.29, 1.82) is 0 Å². The minimum absolute atomic E-state index is 0.0128. The van der Waals surface area contributed by atoms with Gasteiger partial charge in [-0.3, -0.25) is 4.79 Å². The number of carbonyl (C=O) groups is 1. The Bertz CT molecular complexity index is 617. The molecule has 1 N–H and O–H groups in total. The SMILES string of the molecule is CNCCO/N=C1/CC[C@@]2(C)C(C1)C[C@@H](C)[C@@H]1[C@@H]2CC[C@]2(C)C(=O)CC[C@@H]12. The molecule has 4 rings (SSSR count). The third-order valence-electron chi connectivity index (χ3n) is 9.21. The van der Waals surface area contributed by atoms with E-state index < -0.39 is 0 Å². The van der Waals surface area contributed by atoms with Crippen LogP contribution in [0.25, 0.3) is 0 Å². The van der Waals surface area contributed by atoms with E-state index in [1.54, 1.807) is 0 Å². The van der Waals surface area contributed by atoms with E-state index in [-0.39, 0.29) is 5.41 Å². The molecule has 0 aromatic heterocycles. The van der Waals surface area contributed by atoms with Gasteiger partial charge in [-0.25, -0.2) is 0 Å². The van der Waals surface area contributed by atoms with Gasteiger partial charge in [0.2, 0.25) is 0 Å². The van der Waals surface area contributed by atoms with Crippen LogP contribution in [0.15, 0.2) is 5.16 Å². The van der Waals surface area contributed by atoms with Crippen molar-refractivity contribution in [2.45, 2.75) is 72.1 Å². The standard InChI is InChI=1S/C23H38N2O2/c1-15-13-16-14-17(25-27-12-11-24-4)7-9-22(16,2)19-8-10-23(3)18(21(15)19)5-6-20(23)26/h15-16,18-19,21,24H,5-14H2,1-4H3/b25-17-/t15-,16?,18+,19+,21+,22+,23+/m1/s1. The van der Waals surface area contributed by atoms with Gasteiger partial charge in [0.1, 0.15) is 12.4 Å². The normalized spacial score (nSPS) is 48.1. The fourth-order valence-corrected chi connectivity index (χ4v) is 7.58. The molecular formula is C23H38N2O2. The lowest BCUT2D eigenvalue weighted by molar-refractivity contribution is -0.143. The van der Waals surface area contributed by atoms with Crippen molar-refractivity contribution in [3.05, 3.63) is 0 Å². The van der Waals surface area contributed by atoms with Gasteiger partial charge in [-0.05, 0) is 87.0 Å². The summed E-state index contributed by atoms with van der Waals surface area (Å²) in [6, 6.07) is 0. The maximum atomic E-state index is 12.6. The Hall–Kier alpha value is -0.900. The van der Waals surface area contributed by atoms with Crippen LogP contribution in [0.2, 0.25) is 0 Å². The predicted molar refractivity (Wildman–Crippen MR) is 109 cm³/mol. The summed E-state index contributed by atoms with van der Waals surface area (Å²) >= 11 is 0. The Morgan fingerprint density at radius 2 is 2.00 bits per heavy atom. The van der Waals surface area contributed by atoms with Crippen molar-refractivity contribution in [2.24, 2.45) is 45.6 Å². The molecule has 4 fully saturated rings. The number of likely N-dealkylation sites (N-methyl/N-ethyl adjacent to an activating group) is 1. The molecule has 4 saturated carbocycles. The Balaban J connectivity index is 1.51. The van der Waals surface area contributed by atoms with Gasteiger partial charge in [0, 0.05) is 18.4 Å². The molecule has 0 saturated heterocycles. The lowest BCUT2D eigenvalue weighted by atomic mass is 9.43. The van der Waals surface area contributed by atoms with Gasteiger partial charge in [-0.1, -0.05) is 25.9 Å². The first kappa shape index (κ1) is 19.4. The second kappa shape index (κ2) is 7.17. The molecule has 0 aromatic rings. The van der Waals surface area contributed by atoms with Crippen LogP contribution in [0.5, 0.6) is 0 Å². The van der Waals surface area contributed by atoms with E-state index >= 15 is 0 Å². The minimum Gasteiger partial charge on any atom is -0.394 e. The number of rotatable bonds is 4. The highest BCUT2D eigenvalue weighted by atomic mass is 16.6. The molecule has 0 aromatic carbocycles. The number of carbonyl (C=O) groups excluding carboxylic acids is 1. The molecule has 0 spiro atoms. The minimum atomic E-state index is -0.0128. The molecular weight excluding hydrogens is 336 g/mol. The van der Waals surface area contributed by atoms with Crippen molar-refractivity contribution in [2.75, 3.05) is 20.2 Å². The van der Waals surface area contributed by atoms with E-state index in [0.29, 0.717) is 23.7 Å². The first-order chi connectivity index (χ1) is 12.9. The monoisotopic (exact) mass is 374 g/mol. The molecule has 1 unspecified atom stereocenters. The van der Waals surface area contributed by atoms with E-state index in [1.165, 1.54) is 25.0 Å². The summed E-state index contributed by atoms with van der Waals surface area (Å²) in [6.07, 6.45) is 9.11. The molecule has 0 amide bonds. The van der Waals surface area contributed by atoms with Gasteiger partial charge in [0.25, 0.3) is 0 Å². The van der Waals surface area contributed by atoms with Gasteiger partial charge in [0.15, 0.2) is 0 Å². The van der Waals surface area contributed by atoms with Gasteiger partial charge in [0.05, 0.1) is 5.71 Å². The number of ketones is 1. The highest BCUT2D eigenvalue weighted by molar-refractivity contribution is 5.87. The third kappa shape index (κ3) is 3.07. The first-order valence-corrected chi connectivity index (χ1v) is 11.3. The largest absolute Gasteiger partial charge is 0.394 e. The van der Waals surface area contributed by atoms with Crippen LogP contribution in [-0.2, 0) is 9.63 Å². The van der Waals surface area contributed by atoms with Crippen LogP contribution in [-0.4, -0.2) is 31.7 Å². The van der Waals surface area contributed by atoms with Crippen molar-refractivity contribution >= 4 is 11.5 Å². The summed E-state index contributed by atoms with van der Waals surface area (Å²) in [5.74, 6) is 4.20. The van der Waals surface area contributed by atoms with E-state index in [4.69, 9.17) is 4.84 Å². The second-order valence-electron chi connectivity index (χ2n) is 10.4. The zero-order chi connectivity index (χ0) is 19.2. The summed E-state index contributed by atoms with van der Waals surface area (Å²) in [4.78, 5) is 18.2. The molecule has 4 aliphatic carbocycles. The van der Waals surface area contributed by atoms with E-state index in [9.17, 15) is 4.79 Å². The zero-order valence-corrected chi connectivity index (χ0v) is 17.7. The highest BCUT2D eigenvalue weighted by Crippen LogP contribution is 2.66. The molecule has 4 heteroatoms. The molecule has 0 radical (unpaired) electrons. The smallest absolute Gasteiger partial charge is 0.139 e. The number of nitrogens with one attached hydrogen (secondary N) is 1. The maximum Gasteiger partial charge on any atom is 0.139 e. The Morgan fingerprint density at radius 1 is 1.19 bits per heavy atom. The Morgan fingerprint density at radius 3 is 2.78 bits per heavy atom. The number of nitrogens with zero attached hydrogens (tertiary/aromatic N) is 1. The van der Waals surface area contributed by atoms with Crippen LogP contribution in [0.4, 0.5) is 0 Å². The molecule has 4 nitrogen and oxygen atoms in total. The fraction of sp³-hybridized carbons (Fsp3) is 0.913. The van der Waals surface area contributed by atoms with Crippen LogP contribution in [0.1, 0.15) is 72.1 Å². The van der Waals surface area contributed by atoms with E-state index in [2.05, 4.69) is 31.2 Å². The molecule has 152 valence electrons. The summed E-state index contributed by atoms with van der Waals surface area (Å²) in [6.45, 7) is 8.83. The summed E-state index contributed by atoms with van der Waals surface area (Å²) in [7, 11) is 1.94. The number of hydrogen-bond donors (Lipinski definition) is 1. The molecule has 7 atom stereocenters. The van der Waals surface area contributed by atoms with Gasteiger partial charge in [-0.2, -0.15) is 0 Å². The van der Waals surface area contributed by atoms with Crippen LogP contribution < -0.4 is 5.32 Å². The predicted octanol–water partition coefficient (Wildman–Crippen LogP) is 4.44. The Kier molecular flexibility index (Phi) is 5.15. The van der Waals surface area contributed by atoms with E-state index in [0.717, 1.165) is 62.3 Å². The number of hydrogen-bond acceptors (Lipinski definition) is 4. The highest BCUT2D eigenvalue weighted by Gasteiger charge is 2.61. The maximum absolute atomic E-state index is 12.6. The van der Waals surface area contributed by atoms with Crippen LogP contribution >= 0.6 is 0 Å². The zero-order valence-electron chi connectivity index (χ0n) is 17.7. The summed E-state index contributed by atoms with van der Waals surface area (Å²) in [5, 5.41) is 7.58. The van der Waals surface area contributed by atoms with Gasteiger partial charge >= 0.3 is 0 Å². The molecule has 0 aliphatic heterocycles. The quantitative estimate of drug-likeness (QED) is 0.585. The van der Waals surface area contributed by atoms with E-state index in [1.807, 2.05) is 7.05 Å². The number of Topliss-reactive ketones (excluding diaryl/α,β-unsaturated/α-hetero) is 1. The van der Waals surface area contributed by atoms with Crippen molar-refractivity contribution in [3.63, 3.8) is 0 Å². The van der Waals surface area contributed by atoms with Gasteiger partial charge in [-0.15, -0.1) is 0 Å².